The van der Waals surface area contributed by atoms with Gasteiger partial charge in [0.15, 0.2) is 15.4 Å². The predicted octanol–water partition coefficient (Wildman–Crippen LogP) is 2.25. The minimum absolute atomic E-state index is 0.00602. The molecule has 1 aliphatic carbocycles. The lowest BCUT2D eigenvalue weighted by Gasteiger charge is -2.19. The number of hydrogen-bond donors (Lipinski definition) is 1. The predicted molar refractivity (Wildman–Crippen MR) is 106 cm³/mol. The third-order valence-corrected chi connectivity index (χ3v) is 8.31. The smallest absolute Gasteiger partial charge is 0.298 e. The maximum atomic E-state index is 12.4. The van der Waals surface area contributed by atoms with Gasteiger partial charge in [-0.25, -0.2) is 8.42 Å². The van der Waals surface area contributed by atoms with Crippen molar-refractivity contribution in [2.45, 2.75) is 25.3 Å². The fraction of sp³-hybridized carbons (Fsp3) is 0.579. The van der Waals surface area contributed by atoms with Crippen molar-refractivity contribution in [1.29, 1.82) is 0 Å². The van der Waals surface area contributed by atoms with Crippen LogP contribution >= 0.6 is 11.6 Å². The Morgan fingerprint density at radius 1 is 1.25 bits per heavy atom. The zero-order chi connectivity index (χ0) is 19.5. The van der Waals surface area contributed by atoms with Gasteiger partial charge in [-0.1, -0.05) is 11.6 Å². The molecular formula is C19H22ClN3O4S. The number of rotatable bonds is 3. The first kappa shape index (κ1) is 18.2. The van der Waals surface area contributed by atoms with Gasteiger partial charge in [-0.05, 0) is 49.3 Å². The van der Waals surface area contributed by atoms with Crippen LogP contribution in [-0.2, 0) is 14.6 Å². The molecule has 0 bridgehead atoms. The zero-order valence-electron chi connectivity index (χ0n) is 15.3. The van der Waals surface area contributed by atoms with Gasteiger partial charge >= 0.3 is 0 Å². The number of fused-ring (bicyclic) bond motifs is 2. The van der Waals surface area contributed by atoms with E-state index < -0.39 is 9.84 Å². The van der Waals surface area contributed by atoms with E-state index in [4.69, 9.17) is 16.0 Å². The molecule has 28 heavy (non-hydrogen) atoms. The first-order valence-electron chi connectivity index (χ1n) is 9.68. The van der Waals surface area contributed by atoms with Crippen molar-refractivity contribution in [3.63, 3.8) is 0 Å². The summed E-state index contributed by atoms with van der Waals surface area (Å²) in [4.78, 5) is 19.1. The van der Waals surface area contributed by atoms with Crippen LogP contribution in [0.2, 0.25) is 5.02 Å². The van der Waals surface area contributed by atoms with Gasteiger partial charge in [-0.15, -0.1) is 0 Å². The Morgan fingerprint density at radius 2 is 2.00 bits per heavy atom. The van der Waals surface area contributed by atoms with Crippen molar-refractivity contribution < 1.29 is 17.6 Å². The molecule has 1 amide bonds. The molecular weight excluding hydrogens is 402 g/mol. The monoisotopic (exact) mass is 423 g/mol. The number of aromatic nitrogens is 1. The first-order valence-corrected chi connectivity index (χ1v) is 11.9. The maximum absolute atomic E-state index is 12.4. The number of amides is 1. The van der Waals surface area contributed by atoms with E-state index in [-0.39, 0.29) is 29.4 Å². The highest BCUT2D eigenvalue weighted by atomic mass is 35.5. The average molecular weight is 424 g/mol. The van der Waals surface area contributed by atoms with Crippen molar-refractivity contribution in [3.05, 3.63) is 23.2 Å². The van der Waals surface area contributed by atoms with Crippen LogP contribution in [0.5, 0.6) is 0 Å². The van der Waals surface area contributed by atoms with Crippen LogP contribution in [-0.4, -0.2) is 49.9 Å². The van der Waals surface area contributed by atoms with Crippen molar-refractivity contribution in [3.8, 4) is 0 Å². The van der Waals surface area contributed by atoms with Gasteiger partial charge in [-0.3, -0.25) is 4.79 Å². The molecule has 1 N–H and O–H groups in total. The molecule has 0 radical (unpaired) electrons. The second kappa shape index (κ2) is 6.62. The Kier molecular flexibility index (Phi) is 4.32. The molecule has 2 saturated heterocycles. The second-order valence-electron chi connectivity index (χ2n) is 8.31. The number of carbonyl (C=O) groups is 1. The third kappa shape index (κ3) is 3.37. The zero-order valence-corrected chi connectivity index (χ0v) is 16.9. The summed E-state index contributed by atoms with van der Waals surface area (Å²) in [7, 11) is -3.03. The van der Waals surface area contributed by atoms with Crippen LogP contribution in [0.4, 0.5) is 6.01 Å². The molecule has 5 rings (SSSR count). The summed E-state index contributed by atoms with van der Waals surface area (Å²) in [6.07, 6.45) is 2.28. The van der Waals surface area contributed by atoms with Crippen LogP contribution in [0.1, 0.15) is 19.3 Å². The Bertz CT molecular complexity index is 1020. The summed E-state index contributed by atoms with van der Waals surface area (Å²) in [6.45, 7) is 1.71. The van der Waals surface area contributed by atoms with Gasteiger partial charge in [0.25, 0.3) is 6.01 Å². The van der Waals surface area contributed by atoms with Crippen molar-refractivity contribution in [1.82, 2.24) is 10.3 Å². The van der Waals surface area contributed by atoms with Gasteiger partial charge in [0, 0.05) is 24.2 Å². The lowest BCUT2D eigenvalue weighted by Crippen LogP contribution is -2.39. The Hall–Kier alpha value is -1.80. The highest BCUT2D eigenvalue weighted by molar-refractivity contribution is 7.91. The molecule has 1 saturated carbocycles. The Labute approximate surface area is 168 Å². The summed E-state index contributed by atoms with van der Waals surface area (Å²) < 4.78 is 29.1. The van der Waals surface area contributed by atoms with E-state index in [0.29, 0.717) is 29.3 Å². The molecule has 2 aliphatic heterocycles. The van der Waals surface area contributed by atoms with E-state index in [2.05, 4.69) is 15.2 Å². The number of hydrogen-bond acceptors (Lipinski definition) is 6. The molecule has 1 aromatic heterocycles. The quantitative estimate of drug-likeness (QED) is 0.813. The molecule has 3 unspecified atom stereocenters. The van der Waals surface area contributed by atoms with E-state index in [1.165, 1.54) is 0 Å². The van der Waals surface area contributed by atoms with E-state index in [1.54, 1.807) is 12.1 Å². The molecule has 3 aliphatic rings. The molecule has 3 fully saturated rings. The molecule has 9 heteroatoms. The SMILES string of the molecule is O=C(NC1CC2CN(c3nc4cc(Cl)ccc4o3)CC2C1)C1CCS(=O)(=O)C1. The minimum atomic E-state index is -3.03. The van der Waals surface area contributed by atoms with E-state index in [9.17, 15) is 13.2 Å². The minimum Gasteiger partial charge on any atom is -0.423 e. The van der Waals surface area contributed by atoms with E-state index >= 15 is 0 Å². The first-order chi connectivity index (χ1) is 13.4. The second-order valence-corrected chi connectivity index (χ2v) is 11.0. The van der Waals surface area contributed by atoms with Crippen LogP contribution in [0.15, 0.2) is 22.6 Å². The fourth-order valence-corrected chi connectivity index (χ4v) is 6.83. The highest BCUT2D eigenvalue weighted by Gasteiger charge is 2.43. The summed E-state index contributed by atoms with van der Waals surface area (Å²) in [5.41, 5.74) is 1.49. The lowest BCUT2D eigenvalue weighted by atomic mass is 10.0. The van der Waals surface area contributed by atoms with Crippen molar-refractivity contribution in [2.75, 3.05) is 29.5 Å². The molecule has 3 atom stereocenters. The summed E-state index contributed by atoms with van der Waals surface area (Å²) in [5.74, 6) is 0.610. The fourth-order valence-electron chi connectivity index (χ4n) is 4.92. The van der Waals surface area contributed by atoms with Gasteiger partial charge in [0.05, 0.1) is 17.4 Å². The van der Waals surface area contributed by atoms with Crippen molar-refractivity contribution in [2.24, 2.45) is 17.8 Å². The highest BCUT2D eigenvalue weighted by Crippen LogP contribution is 2.40. The standard InChI is InChI=1S/C19H22ClN3O4S/c20-14-1-2-17-16(7-14)22-19(27-17)23-8-12-5-15(6-13(12)9-23)21-18(24)11-3-4-28(25,26)10-11/h1-2,7,11-13,15H,3-6,8-10H2,(H,21,24). The normalized spacial score (nSPS) is 31.4. The maximum Gasteiger partial charge on any atom is 0.298 e. The Morgan fingerprint density at radius 3 is 2.68 bits per heavy atom. The number of nitrogens with zero attached hydrogens (tertiary/aromatic N) is 2. The number of sulfone groups is 1. The van der Waals surface area contributed by atoms with Gasteiger partial charge < -0.3 is 14.6 Å². The van der Waals surface area contributed by atoms with Crippen molar-refractivity contribution >= 4 is 44.5 Å². The van der Waals surface area contributed by atoms with Gasteiger partial charge in [0.2, 0.25) is 5.91 Å². The molecule has 0 spiro atoms. The van der Waals surface area contributed by atoms with E-state index in [1.807, 2.05) is 6.07 Å². The third-order valence-electron chi connectivity index (χ3n) is 6.31. The summed E-state index contributed by atoms with van der Waals surface area (Å²) in [6, 6.07) is 6.19. The van der Waals surface area contributed by atoms with Gasteiger partial charge in [0.1, 0.15) is 5.52 Å². The number of benzene rings is 1. The topological polar surface area (TPSA) is 92.5 Å². The summed E-state index contributed by atoms with van der Waals surface area (Å²) in [5, 5.41) is 3.73. The number of nitrogens with one attached hydrogen (secondary N) is 1. The van der Waals surface area contributed by atoms with E-state index in [0.717, 1.165) is 37.0 Å². The largest absolute Gasteiger partial charge is 0.423 e. The number of carbonyl (C=O) groups excluding carboxylic acids is 1. The Balaban J connectivity index is 1.20. The average Bonchev–Trinajstić information content (AvgIpc) is 3.35. The lowest BCUT2D eigenvalue weighted by molar-refractivity contribution is -0.124. The summed E-state index contributed by atoms with van der Waals surface area (Å²) >= 11 is 6.02. The van der Waals surface area contributed by atoms with Gasteiger partial charge in [-0.2, -0.15) is 4.98 Å². The number of halogens is 1. The number of oxazole rings is 1. The number of anilines is 1. The molecule has 150 valence electrons. The van der Waals surface area contributed by atoms with Crippen LogP contribution < -0.4 is 10.2 Å². The molecule has 3 heterocycles. The molecule has 2 aromatic rings. The van der Waals surface area contributed by atoms with Crippen LogP contribution in [0.25, 0.3) is 11.1 Å². The van der Waals surface area contributed by atoms with Crippen LogP contribution in [0, 0.1) is 17.8 Å². The molecule has 7 nitrogen and oxygen atoms in total. The van der Waals surface area contributed by atoms with Crippen LogP contribution in [0.3, 0.4) is 0 Å². The molecule has 1 aromatic carbocycles.